The number of phosphoric acid groups is 2. The number of phosphoric ester groups is 2. The molecule has 19 heteroatoms. The van der Waals surface area contributed by atoms with Crippen molar-refractivity contribution in [3.63, 3.8) is 0 Å². The number of ether oxygens (including phenoxy) is 4. The predicted molar refractivity (Wildman–Crippen MR) is 432 cm³/mol. The minimum Gasteiger partial charge on any atom is -0.462 e. The van der Waals surface area contributed by atoms with Gasteiger partial charge in [0, 0.05) is 25.7 Å². The quantitative estimate of drug-likeness (QED) is 0.0222. The number of hydrogen-bond donors (Lipinski definition) is 3. The Morgan fingerprint density at radius 1 is 0.257 bits per heavy atom. The fourth-order valence-corrected chi connectivity index (χ4v) is 15.0. The Bertz CT molecular complexity index is 2010. The number of rotatable bonds is 85. The maximum absolute atomic E-state index is 13.1. The molecule has 0 saturated carbocycles. The Morgan fingerprint density at radius 2 is 0.438 bits per heavy atom. The monoisotopic (exact) mass is 1540 g/mol. The molecule has 2 unspecified atom stereocenters. The highest BCUT2D eigenvalue weighted by Crippen LogP contribution is 2.45. The number of aliphatic hydroxyl groups excluding tert-OH is 1. The van der Waals surface area contributed by atoms with Crippen molar-refractivity contribution in [2.24, 2.45) is 11.8 Å². The van der Waals surface area contributed by atoms with E-state index in [0.29, 0.717) is 25.7 Å². The number of aliphatic hydroxyl groups is 1. The summed E-state index contributed by atoms with van der Waals surface area (Å²) in [5.74, 6) is -0.489. The highest BCUT2D eigenvalue weighted by atomic mass is 31.2. The number of carbonyl (C=O) groups excluding carboxylic acids is 4. The first-order valence-corrected chi connectivity index (χ1v) is 47.5. The van der Waals surface area contributed by atoms with Crippen LogP contribution in [0.1, 0.15) is 459 Å². The van der Waals surface area contributed by atoms with Crippen LogP contribution in [-0.2, 0) is 65.4 Å². The third-order valence-corrected chi connectivity index (χ3v) is 22.1. The topological polar surface area (TPSA) is 237 Å². The summed E-state index contributed by atoms with van der Waals surface area (Å²) < 4.78 is 68.8. The molecule has 0 bridgehead atoms. The molecule has 0 rings (SSSR count). The third-order valence-electron chi connectivity index (χ3n) is 20.2. The van der Waals surface area contributed by atoms with E-state index in [1.54, 1.807) is 0 Å². The second kappa shape index (κ2) is 77.4. The van der Waals surface area contributed by atoms with Gasteiger partial charge in [-0.3, -0.25) is 37.3 Å². The molecular formula is C86H168O17P2. The minimum absolute atomic E-state index is 0.108. The molecule has 0 heterocycles. The second-order valence-corrected chi connectivity index (χ2v) is 34.8. The first-order valence-electron chi connectivity index (χ1n) is 44.5. The lowest BCUT2D eigenvalue weighted by Crippen LogP contribution is -2.30. The molecule has 0 saturated heterocycles. The normalized spacial score (nSPS) is 13.8. The van der Waals surface area contributed by atoms with E-state index in [1.807, 2.05) is 0 Å². The average molecular weight is 1540 g/mol. The summed E-state index contributed by atoms with van der Waals surface area (Å²) in [5, 5.41) is 10.7. The summed E-state index contributed by atoms with van der Waals surface area (Å²) in [4.78, 5) is 73.1. The van der Waals surface area contributed by atoms with Crippen LogP contribution in [0.3, 0.4) is 0 Å². The first-order chi connectivity index (χ1) is 50.9. The van der Waals surface area contributed by atoms with Gasteiger partial charge in [0.15, 0.2) is 12.2 Å². The van der Waals surface area contributed by atoms with Gasteiger partial charge in [0.05, 0.1) is 26.4 Å². The van der Waals surface area contributed by atoms with Crippen molar-refractivity contribution < 1.29 is 80.2 Å². The van der Waals surface area contributed by atoms with E-state index in [0.717, 1.165) is 108 Å². The molecule has 0 radical (unpaired) electrons. The van der Waals surface area contributed by atoms with Crippen LogP contribution in [0.25, 0.3) is 0 Å². The van der Waals surface area contributed by atoms with E-state index >= 15 is 0 Å². The van der Waals surface area contributed by atoms with E-state index < -0.39 is 97.5 Å². The molecule has 0 aromatic rings. The average Bonchev–Trinajstić information content (AvgIpc) is 0.914. The molecule has 0 amide bonds. The van der Waals surface area contributed by atoms with E-state index in [4.69, 9.17) is 37.0 Å². The molecule has 0 spiro atoms. The Hall–Kier alpha value is -1.94. The Kier molecular flexibility index (Phi) is 76.0. The summed E-state index contributed by atoms with van der Waals surface area (Å²) in [6.07, 6.45) is 69.6. The molecule has 5 atom stereocenters. The van der Waals surface area contributed by atoms with E-state index in [9.17, 15) is 43.2 Å². The molecular weight excluding hydrogens is 1370 g/mol. The largest absolute Gasteiger partial charge is 0.472 e. The van der Waals surface area contributed by atoms with Crippen molar-refractivity contribution in [1.82, 2.24) is 0 Å². The van der Waals surface area contributed by atoms with Crippen LogP contribution in [0.5, 0.6) is 0 Å². The highest BCUT2D eigenvalue weighted by Gasteiger charge is 2.30. The zero-order chi connectivity index (χ0) is 77.1. The molecule has 0 fully saturated rings. The van der Waals surface area contributed by atoms with Crippen molar-refractivity contribution in [2.45, 2.75) is 477 Å². The SMILES string of the molecule is CCCCCCCCCCCCCCCCCCCCCCC(=O)O[C@H](COC(=O)CCCCCCCCCCCCCCCCCCC(C)C)COP(=O)(O)OC[C@@H](O)COP(=O)(O)OC[C@@H](COC(=O)CCCCCCCCCC)OC(=O)CCCCCCCCCCCCCCCCCC(C)C. The summed E-state index contributed by atoms with van der Waals surface area (Å²) in [5.41, 5.74) is 0. The fraction of sp³-hybridized carbons (Fsp3) is 0.953. The van der Waals surface area contributed by atoms with Gasteiger partial charge in [-0.15, -0.1) is 0 Å². The van der Waals surface area contributed by atoms with Crippen LogP contribution in [0, 0.1) is 11.8 Å². The summed E-state index contributed by atoms with van der Waals surface area (Å²) in [7, 11) is -9.92. The maximum Gasteiger partial charge on any atom is 0.472 e. The number of unbranched alkanes of at least 4 members (excludes halogenated alkanes) is 55. The zero-order valence-electron chi connectivity index (χ0n) is 69.0. The molecule has 17 nitrogen and oxygen atoms in total. The van der Waals surface area contributed by atoms with Crippen LogP contribution in [0.4, 0.5) is 0 Å². The summed E-state index contributed by atoms with van der Waals surface area (Å²) in [6, 6.07) is 0. The maximum atomic E-state index is 13.1. The Labute approximate surface area is 645 Å². The van der Waals surface area contributed by atoms with Gasteiger partial charge >= 0.3 is 39.5 Å². The van der Waals surface area contributed by atoms with Crippen molar-refractivity contribution in [1.29, 1.82) is 0 Å². The van der Waals surface area contributed by atoms with Crippen molar-refractivity contribution in [2.75, 3.05) is 39.6 Å². The van der Waals surface area contributed by atoms with Gasteiger partial charge in [0.2, 0.25) is 0 Å². The summed E-state index contributed by atoms with van der Waals surface area (Å²) >= 11 is 0. The molecule has 0 aliphatic heterocycles. The smallest absolute Gasteiger partial charge is 0.462 e. The van der Waals surface area contributed by atoms with E-state index in [-0.39, 0.29) is 25.7 Å². The summed E-state index contributed by atoms with van der Waals surface area (Å²) in [6.45, 7) is 9.70. The van der Waals surface area contributed by atoms with Gasteiger partial charge in [-0.05, 0) is 37.5 Å². The Balaban J connectivity index is 5.19. The number of hydrogen-bond acceptors (Lipinski definition) is 15. The lowest BCUT2D eigenvalue weighted by molar-refractivity contribution is -0.161. The van der Waals surface area contributed by atoms with Crippen molar-refractivity contribution in [3.05, 3.63) is 0 Å². The van der Waals surface area contributed by atoms with Crippen LogP contribution < -0.4 is 0 Å². The van der Waals surface area contributed by atoms with Gasteiger partial charge in [0.1, 0.15) is 19.3 Å². The zero-order valence-corrected chi connectivity index (χ0v) is 70.8. The number of carbonyl (C=O) groups is 4. The van der Waals surface area contributed by atoms with E-state index in [1.165, 1.54) is 270 Å². The van der Waals surface area contributed by atoms with Gasteiger partial charge in [-0.2, -0.15) is 0 Å². The van der Waals surface area contributed by atoms with Gasteiger partial charge in [0.25, 0.3) is 0 Å². The second-order valence-electron chi connectivity index (χ2n) is 31.9. The molecule has 0 aliphatic rings. The van der Waals surface area contributed by atoms with Crippen LogP contribution in [-0.4, -0.2) is 96.7 Å². The standard InChI is InChI=1S/C86H168O17P2/c1-7-9-11-13-15-17-18-19-20-21-22-23-24-31-36-41-46-52-58-64-71-86(91)103-82(75-97-84(89)69-63-57-51-45-40-35-30-26-25-28-33-38-43-48-54-60-66-78(3)4)77-101-105(94,95)99-73-80(87)72-98-104(92,93)100-76-81(74-96-83(88)68-62-56-50-16-14-12-10-8-2)102-85(90)70-65-59-53-47-42-37-32-27-29-34-39-44-49-55-61-67-79(5)6/h78-82,87H,7-77H2,1-6H3,(H,92,93)(H,94,95)/t80-,81+,82+/m0/s1. The minimum atomic E-state index is -4.96. The van der Waals surface area contributed by atoms with Crippen molar-refractivity contribution in [3.8, 4) is 0 Å². The lowest BCUT2D eigenvalue weighted by Gasteiger charge is -2.21. The number of esters is 4. The molecule has 105 heavy (non-hydrogen) atoms. The fourth-order valence-electron chi connectivity index (χ4n) is 13.4. The van der Waals surface area contributed by atoms with Gasteiger partial charge in [-0.1, -0.05) is 408 Å². The van der Waals surface area contributed by atoms with Crippen LogP contribution in [0.15, 0.2) is 0 Å². The van der Waals surface area contributed by atoms with Crippen LogP contribution >= 0.6 is 15.6 Å². The first kappa shape index (κ1) is 103. The van der Waals surface area contributed by atoms with Crippen LogP contribution in [0.2, 0.25) is 0 Å². The van der Waals surface area contributed by atoms with Gasteiger partial charge in [-0.25, -0.2) is 9.13 Å². The predicted octanol–water partition coefficient (Wildman–Crippen LogP) is 26.2. The Morgan fingerprint density at radius 3 is 0.648 bits per heavy atom. The van der Waals surface area contributed by atoms with E-state index in [2.05, 4.69) is 41.5 Å². The highest BCUT2D eigenvalue weighted by molar-refractivity contribution is 7.47. The van der Waals surface area contributed by atoms with Crippen molar-refractivity contribution >= 4 is 39.5 Å². The van der Waals surface area contributed by atoms with Gasteiger partial charge < -0.3 is 33.8 Å². The molecule has 624 valence electrons. The molecule has 0 aromatic carbocycles. The third kappa shape index (κ3) is 79.9. The molecule has 0 aliphatic carbocycles. The lowest BCUT2D eigenvalue weighted by atomic mass is 10.0. The molecule has 3 N–H and O–H groups in total. The molecule has 0 aromatic heterocycles.